The van der Waals surface area contributed by atoms with Gasteiger partial charge < -0.3 is 10.6 Å². The molecule has 16 heavy (non-hydrogen) atoms. The van der Waals surface area contributed by atoms with E-state index in [1.54, 1.807) is 0 Å². The molecule has 92 valence electrons. The molecule has 1 saturated heterocycles. The lowest BCUT2D eigenvalue weighted by atomic mass is 9.80. The second-order valence-corrected chi connectivity index (χ2v) is 5.33. The molecule has 0 bridgehead atoms. The van der Waals surface area contributed by atoms with Crippen molar-refractivity contribution in [3.05, 3.63) is 0 Å². The summed E-state index contributed by atoms with van der Waals surface area (Å²) in [6.45, 7) is 2.47. The first-order valence-electron chi connectivity index (χ1n) is 6.79. The van der Waals surface area contributed by atoms with Gasteiger partial charge in [-0.25, -0.2) is 0 Å². The molecule has 1 amide bonds. The highest BCUT2D eigenvalue weighted by atomic mass is 16.2. The number of hydrogen-bond donors (Lipinski definition) is 1. The summed E-state index contributed by atoms with van der Waals surface area (Å²) >= 11 is 0. The van der Waals surface area contributed by atoms with Gasteiger partial charge in [-0.05, 0) is 18.3 Å². The number of rotatable bonds is 3. The van der Waals surface area contributed by atoms with Crippen molar-refractivity contribution in [3.8, 4) is 0 Å². The third-order valence-electron chi connectivity index (χ3n) is 4.25. The zero-order chi connectivity index (χ0) is 11.4. The van der Waals surface area contributed by atoms with Gasteiger partial charge in [0.25, 0.3) is 0 Å². The Morgan fingerprint density at radius 3 is 2.56 bits per heavy atom. The average Bonchev–Trinajstić information content (AvgIpc) is 2.80. The van der Waals surface area contributed by atoms with Crippen LogP contribution in [0.4, 0.5) is 0 Å². The molecule has 2 aliphatic rings. The van der Waals surface area contributed by atoms with Gasteiger partial charge in [-0.3, -0.25) is 4.79 Å². The van der Waals surface area contributed by atoms with E-state index in [4.69, 9.17) is 5.73 Å². The highest BCUT2D eigenvalue weighted by Gasteiger charge is 2.31. The second kappa shape index (κ2) is 5.67. The number of amides is 1. The zero-order valence-corrected chi connectivity index (χ0v) is 10.2. The minimum Gasteiger partial charge on any atom is -0.342 e. The molecule has 0 spiro atoms. The molecule has 1 aliphatic heterocycles. The van der Waals surface area contributed by atoms with Crippen LogP contribution < -0.4 is 5.73 Å². The molecule has 1 aliphatic carbocycles. The van der Waals surface area contributed by atoms with E-state index in [0.717, 1.165) is 24.9 Å². The van der Waals surface area contributed by atoms with Crippen molar-refractivity contribution >= 4 is 5.91 Å². The summed E-state index contributed by atoms with van der Waals surface area (Å²) in [5, 5.41) is 0. The van der Waals surface area contributed by atoms with Crippen LogP contribution in [0.5, 0.6) is 0 Å². The lowest BCUT2D eigenvalue weighted by Gasteiger charge is -2.27. The van der Waals surface area contributed by atoms with E-state index in [2.05, 4.69) is 0 Å². The summed E-state index contributed by atoms with van der Waals surface area (Å²) in [4.78, 5) is 13.8. The van der Waals surface area contributed by atoms with Gasteiger partial charge >= 0.3 is 0 Å². The minimum atomic E-state index is 0.265. The molecule has 1 unspecified atom stereocenters. The van der Waals surface area contributed by atoms with E-state index < -0.39 is 0 Å². The van der Waals surface area contributed by atoms with E-state index in [-0.39, 0.29) is 5.91 Å². The lowest BCUT2D eigenvalue weighted by Crippen LogP contribution is -2.31. The summed E-state index contributed by atoms with van der Waals surface area (Å²) in [5.74, 6) is 1.94. The molecule has 0 radical (unpaired) electrons. The Hall–Kier alpha value is -0.570. The van der Waals surface area contributed by atoms with Crippen LogP contribution in [0.25, 0.3) is 0 Å². The average molecular weight is 224 g/mol. The molecule has 1 heterocycles. The first-order valence-corrected chi connectivity index (χ1v) is 6.79. The molecule has 0 aromatic heterocycles. The van der Waals surface area contributed by atoms with Crippen LogP contribution in [-0.2, 0) is 4.79 Å². The van der Waals surface area contributed by atoms with E-state index in [1.807, 2.05) is 4.90 Å². The lowest BCUT2D eigenvalue weighted by molar-refractivity contribution is -0.130. The quantitative estimate of drug-likeness (QED) is 0.794. The largest absolute Gasteiger partial charge is 0.342 e. The molecular formula is C13H24N2O. The third-order valence-corrected chi connectivity index (χ3v) is 4.25. The molecule has 2 fully saturated rings. The Morgan fingerprint density at radius 2 is 1.88 bits per heavy atom. The highest BCUT2D eigenvalue weighted by Crippen LogP contribution is 2.35. The van der Waals surface area contributed by atoms with E-state index in [0.29, 0.717) is 13.0 Å². The van der Waals surface area contributed by atoms with Gasteiger partial charge in [-0.2, -0.15) is 0 Å². The number of nitrogens with zero attached hydrogens (tertiary/aromatic N) is 1. The number of nitrogens with two attached hydrogens (primary N) is 1. The van der Waals surface area contributed by atoms with E-state index in [9.17, 15) is 4.79 Å². The summed E-state index contributed by atoms with van der Waals surface area (Å²) in [5.41, 5.74) is 5.43. The fourth-order valence-corrected chi connectivity index (χ4v) is 3.29. The Bertz CT molecular complexity index is 236. The van der Waals surface area contributed by atoms with E-state index in [1.165, 1.54) is 38.5 Å². The first kappa shape index (κ1) is 11.9. The Balaban J connectivity index is 1.80. The fourth-order valence-electron chi connectivity index (χ4n) is 3.29. The van der Waals surface area contributed by atoms with Crippen molar-refractivity contribution < 1.29 is 4.79 Å². The zero-order valence-electron chi connectivity index (χ0n) is 10.2. The molecular weight excluding hydrogens is 200 g/mol. The third kappa shape index (κ3) is 2.76. The molecule has 0 aromatic rings. The van der Waals surface area contributed by atoms with Crippen molar-refractivity contribution in [3.63, 3.8) is 0 Å². The minimum absolute atomic E-state index is 0.265. The summed E-state index contributed by atoms with van der Waals surface area (Å²) < 4.78 is 0. The Kier molecular flexibility index (Phi) is 4.22. The molecule has 1 saturated carbocycles. The van der Waals surface area contributed by atoms with Gasteiger partial charge in [0.1, 0.15) is 0 Å². The molecule has 2 rings (SSSR count). The second-order valence-electron chi connectivity index (χ2n) is 5.33. The summed E-state index contributed by atoms with van der Waals surface area (Å²) in [6.07, 6.45) is 8.75. The van der Waals surface area contributed by atoms with Crippen LogP contribution in [0.1, 0.15) is 44.9 Å². The molecule has 3 heteroatoms. The van der Waals surface area contributed by atoms with Crippen LogP contribution >= 0.6 is 0 Å². The monoisotopic (exact) mass is 224 g/mol. The highest BCUT2D eigenvalue weighted by molar-refractivity contribution is 5.76. The van der Waals surface area contributed by atoms with Crippen molar-refractivity contribution in [1.29, 1.82) is 0 Å². The predicted molar refractivity (Wildman–Crippen MR) is 64.9 cm³/mol. The Morgan fingerprint density at radius 1 is 1.12 bits per heavy atom. The topological polar surface area (TPSA) is 46.3 Å². The smallest absolute Gasteiger partial charge is 0.223 e. The van der Waals surface area contributed by atoms with E-state index >= 15 is 0 Å². The van der Waals surface area contributed by atoms with Crippen LogP contribution in [0, 0.1) is 11.8 Å². The van der Waals surface area contributed by atoms with Crippen LogP contribution in [0.15, 0.2) is 0 Å². The van der Waals surface area contributed by atoms with Crippen LogP contribution in [-0.4, -0.2) is 30.4 Å². The van der Waals surface area contributed by atoms with Crippen molar-refractivity contribution in [2.45, 2.75) is 44.9 Å². The summed E-state index contributed by atoms with van der Waals surface area (Å²) in [7, 11) is 0. The normalized spacial score (nSPS) is 27.3. The fraction of sp³-hybridized carbons (Fsp3) is 0.923. The predicted octanol–water partition coefficient (Wildman–Crippen LogP) is 1.76. The van der Waals surface area contributed by atoms with Crippen LogP contribution in [0.2, 0.25) is 0 Å². The molecule has 2 N–H and O–H groups in total. The van der Waals surface area contributed by atoms with Gasteiger partial charge in [-0.15, -0.1) is 0 Å². The number of carbonyl (C=O) groups excluding carboxylic acids is 1. The van der Waals surface area contributed by atoms with Gasteiger partial charge in [0, 0.05) is 26.1 Å². The van der Waals surface area contributed by atoms with Gasteiger partial charge in [0.2, 0.25) is 5.91 Å². The van der Waals surface area contributed by atoms with Gasteiger partial charge in [0.15, 0.2) is 0 Å². The van der Waals surface area contributed by atoms with Crippen molar-refractivity contribution in [2.24, 2.45) is 17.6 Å². The first-order chi connectivity index (χ1) is 7.81. The number of carbonyl (C=O) groups is 1. The SMILES string of the molecule is NCCC(=O)N1CCC(C2CCCCC2)C1. The van der Waals surface area contributed by atoms with Crippen molar-refractivity contribution in [2.75, 3.05) is 19.6 Å². The molecule has 1 atom stereocenters. The molecule has 3 nitrogen and oxygen atoms in total. The van der Waals surface area contributed by atoms with Gasteiger partial charge in [-0.1, -0.05) is 32.1 Å². The van der Waals surface area contributed by atoms with Crippen molar-refractivity contribution in [1.82, 2.24) is 4.90 Å². The molecule has 0 aromatic carbocycles. The van der Waals surface area contributed by atoms with Crippen LogP contribution in [0.3, 0.4) is 0 Å². The maximum absolute atomic E-state index is 11.7. The number of likely N-dealkylation sites (tertiary alicyclic amines) is 1. The maximum atomic E-state index is 11.7. The summed E-state index contributed by atoms with van der Waals surface area (Å²) in [6, 6.07) is 0. The number of hydrogen-bond acceptors (Lipinski definition) is 2. The standard InChI is InChI=1S/C13H24N2O/c14-8-6-13(16)15-9-7-12(10-15)11-4-2-1-3-5-11/h11-12H,1-10,14H2. The van der Waals surface area contributed by atoms with Gasteiger partial charge in [0.05, 0.1) is 0 Å². The Labute approximate surface area is 98.4 Å². The maximum Gasteiger partial charge on any atom is 0.223 e.